The van der Waals surface area contributed by atoms with Crippen molar-refractivity contribution in [2.75, 3.05) is 0 Å². The Morgan fingerprint density at radius 3 is 2.96 bits per heavy atom. The van der Waals surface area contributed by atoms with E-state index in [1.807, 2.05) is 55.6 Å². The van der Waals surface area contributed by atoms with E-state index in [2.05, 4.69) is 15.3 Å². The zero-order chi connectivity index (χ0) is 17.2. The highest BCUT2D eigenvalue weighted by Crippen LogP contribution is 2.21. The predicted octanol–water partition coefficient (Wildman–Crippen LogP) is 3.23. The summed E-state index contributed by atoms with van der Waals surface area (Å²) in [6.45, 7) is 2.18. The van der Waals surface area contributed by atoms with Crippen molar-refractivity contribution in [2.24, 2.45) is 0 Å². The van der Waals surface area contributed by atoms with E-state index >= 15 is 0 Å². The van der Waals surface area contributed by atoms with Gasteiger partial charge >= 0.3 is 0 Å². The van der Waals surface area contributed by atoms with Crippen LogP contribution < -0.4 is 5.32 Å². The molecule has 0 saturated carbocycles. The molecule has 0 unspecified atom stereocenters. The summed E-state index contributed by atoms with van der Waals surface area (Å²) >= 11 is 0. The number of amides is 1. The molecular formula is C19H16N4O2. The molecule has 0 aliphatic heterocycles. The van der Waals surface area contributed by atoms with E-state index < -0.39 is 0 Å². The van der Waals surface area contributed by atoms with Crippen LogP contribution in [0.5, 0.6) is 0 Å². The molecule has 1 amide bonds. The highest BCUT2D eigenvalue weighted by atomic mass is 16.3. The summed E-state index contributed by atoms with van der Waals surface area (Å²) in [5, 5.41) is 2.96. The lowest BCUT2D eigenvalue weighted by molar-refractivity contribution is 0.0944. The number of fused-ring (bicyclic) bond motifs is 1. The van der Waals surface area contributed by atoms with Gasteiger partial charge in [-0.05, 0) is 37.3 Å². The van der Waals surface area contributed by atoms with Crippen molar-refractivity contribution in [2.45, 2.75) is 13.5 Å². The lowest BCUT2D eigenvalue weighted by atomic mass is 10.1. The lowest BCUT2D eigenvalue weighted by Gasteiger charge is -2.09. The summed E-state index contributed by atoms with van der Waals surface area (Å²) in [6.07, 6.45) is 5.15. The highest BCUT2D eigenvalue weighted by molar-refractivity contribution is 5.94. The van der Waals surface area contributed by atoms with E-state index in [1.165, 1.54) is 0 Å². The number of nitrogens with zero attached hydrogens (tertiary/aromatic N) is 3. The quantitative estimate of drug-likeness (QED) is 0.623. The van der Waals surface area contributed by atoms with Crippen molar-refractivity contribution in [3.05, 3.63) is 78.1 Å². The number of hydrogen-bond donors (Lipinski definition) is 1. The maximum Gasteiger partial charge on any atom is 0.270 e. The summed E-state index contributed by atoms with van der Waals surface area (Å²) in [5.74, 6) is 0.501. The fourth-order valence-corrected chi connectivity index (χ4v) is 2.86. The second kappa shape index (κ2) is 6.24. The van der Waals surface area contributed by atoms with Crippen LogP contribution in [0, 0.1) is 6.92 Å². The first-order valence-electron chi connectivity index (χ1n) is 7.93. The first-order chi connectivity index (χ1) is 12.2. The molecule has 0 spiro atoms. The van der Waals surface area contributed by atoms with E-state index in [-0.39, 0.29) is 5.91 Å². The van der Waals surface area contributed by atoms with Gasteiger partial charge in [0.25, 0.3) is 5.91 Å². The van der Waals surface area contributed by atoms with Crippen LogP contribution in [0.4, 0.5) is 0 Å². The van der Waals surface area contributed by atoms with Gasteiger partial charge in [0, 0.05) is 24.5 Å². The molecule has 124 valence electrons. The second-order valence-corrected chi connectivity index (χ2v) is 5.65. The maximum absolute atomic E-state index is 12.7. The van der Waals surface area contributed by atoms with Gasteiger partial charge in [-0.1, -0.05) is 12.1 Å². The molecule has 4 heterocycles. The summed E-state index contributed by atoms with van der Waals surface area (Å²) < 4.78 is 7.22. The summed E-state index contributed by atoms with van der Waals surface area (Å²) in [5.41, 5.74) is 3.60. The highest BCUT2D eigenvalue weighted by Gasteiger charge is 2.17. The zero-order valence-electron chi connectivity index (χ0n) is 13.6. The number of rotatable bonds is 4. The van der Waals surface area contributed by atoms with Gasteiger partial charge in [-0.25, -0.2) is 4.98 Å². The summed E-state index contributed by atoms with van der Waals surface area (Å²) in [4.78, 5) is 21.5. The number of furan rings is 1. The topological polar surface area (TPSA) is 72.4 Å². The molecular weight excluding hydrogens is 316 g/mol. The molecule has 0 aromatic carbocycles. The molecule has 4 rings (SSSR count). The SMILES string of the molecule is Cc1nc2ccccn2c1C(=O)NCc1cccnc1-c1ccco1. The van der Waals surface area contributed by atoms with Crippen molar-refractivity contribution in [3.8, 4) is 11.5 Å². The molecule has 0 aliphatic carbocycles. The first-order valence-corrected chi connectivity index (χ1v) is 7.93. The molecule has 4 aromatic rings. The first kappa shape index (κ1) is 15.1. The summed E-state index contributed by atoms with van der Waals surface area (Å²) in [6, 6.07) is 13.1. The molecule has 0 radical (unpaired) electrons. The number of pyridine rings is 2. The van der Waals surface area contributed by atoms with Crippen LogP contribution in [0.15, 0.2) is 65.5 Å². The zero-order valence-corrected chi connectivity index (χ0v) is 13.6. The van der Waals surface area contributed by atoms with Crippen LogP contribution in [0.2, 0.25) is 0 Å². The van der Waals surface area contributed by atoms with Gasteiger partial charge in [0.05, 0.1) is 12.0 Å². The smallest absolute Gasteiger partial charge is 0.270 e. The van der Waals surface area contributed by atoms with Gasteiger partial charge in [-0.15, -0.1) is 0 Å². The van der Waals surface area contributed by atoms with Crippen LogP contribution >= 0.6 is 0 Å². The Kier molecular flexibility index (Phi) is 3.78. The number of imidazole rings is 1. The molecule has 6 heteroatoms. The van der Waals surface area contributed by atoms with E-state index in [4.69, 9.17) is 4.42 Å². The van der Waals surface area contributed by atoms with Crippen LogP contribution in [0.1, 0.15) is 21.7 Å². The van der Waals surface area contributed by atoms with Crippen LogP contribution in [0.25, 0.3) is 17.1 Å². The molecule has 0 bridgehead atoms. The predicted molar refractivity (Wildman–Crippen MR) is 93.0 cm³/mol. The molecule has 0 aliphatic rings. The Bertz CT molecular complexity index is 1030. The third-order valence-electron chi connectivity index (χ3n) is 4.00. The number of nitrogens with one attached hydrogen (secondary N) is 1. The van der Waals surface area contributed by atoms with Crippen molar-refractivity contribution in [1.82, 2.24) is 19.7 Å². The van der Waals surface area contributed by atoms with Crippen LogP contribution in [0.3, 0.4) is 0 Å². The fourth-order valence-electron chi connectivity index (χ4n) is 2.86. The van der Waals surface area contributed by atoms with Gasteiger partial charge < -0.3 is 9.73 Å². The van der Waals surface area contributed by atoms with Gasteiger partial charge in [-0.3, -0.25) is 14.2 Å². The largest absolute Gasteiger partial charge is 0.463 e. The van der Waals surface area contributed by atoms with Gasteiger partial charge in [-0.2, -0.15) is 0 Å². The number of aromatic nitrogens is 3. The second-order valence-electron chi connectivity index (χ2n) is 5.65. The Balaban J connectivity index is 1.60. The number of aryl methyl sites for hydroxylation is 1. The average molecular weight is 332 g/mol. The number of carbonyl (C=O) groups excluding carboxylic acids is 1. The average Bonchev–Trinajstić information content (AvgIpc) is 3.27. The van der Waals surface area contributed by atoms with Crippen molar-refractivity contribution < 1.29 is 9.21 Å². The number of hydrogen-bond acceptors (Lipinski definition) is 4. The molecule has 25 heavy (non-hydrogen) atoms. The minimum Gasteiger partial charge on any atom is -0.463 e. The Hall–Kier alpha value is -3.41. The summed E-state index contributed by atoms with van der Waals surface area (Å²) in [7, 11) is 0. The van der Waals surface area contributed by atoms with Gasteiger partial charge in [0.15, 0.2) is 5.76 Å². The molecule has 1 N–H and O–H groups in total. The Morgan fingerprint density at radius 1 is 1.20 bits per heavy atom. The third-order valence-corrected chi connectivity index (χ3v) is 4.00. The molecule has 0 saturated heterocycles. The maximum atomic E-state index is 12.7. The molecule has 0 fully saturated rings. The number of carbonyl (C=O) groups is 1. The monoisotopic (exact) mass is 332 g/mol. The van der Waals surface area contributed by atoms with Gasteiger partial charge in [0.2, 0.25) is 0 Å². The lowest BCUT2D eigenvalue weighted by Crippen LogP contribution is -2.25. The van der Waals surface area contributed by atoms with E-state index in [0.717, 1.165) is 16.9 Å². The van der Waals surface area contributed by atoms with E-state index in [1.54, 1.807) is 16.9 Å². The van der Waals surface area contributed by atoms with Crippen LogP contribution in [-0.4, -0.2) is 20.3 Å². The Morgan fingerprint density at radius 2 is 2.12 bits per heavy atom. The van der Waals surface area contributed by atoms with Crippen LogP contribution in [-0.2, 0) is 6.54 Å². The van der Waals surface area contributed by atoms with Crippen molar-refractivity contribution in [3.63, 3.8) is 0 Å². The van der Waals surface area contributed by atoms with Crippen molar-refractivity contribution in [1.29, 1.82) is 0 Å². The van der Waals surface area contributed by atoms with Crippen molar-refractivity contribution >= 4 is 11.6 Å². The van der Waals surface area contributed by atoms with Gasteiger partial charge in [0.1, 0.15) is 17.0 Å². The molecule has 6 nitrogen and oxygen atoms in total. The van der Waals surface area contributed by atoms with E-state index in [9.17, 15) is 4.79 Å². The Labute approximate surface area is 144 Å². The third kappa shape index (κ3) is 2.78. The van der Waals surface area contributed by atoms with E-state index in [0.29, 0.717) is 23.7 Å². The fraction of sp³-hybridized carbons (Fsp3) is 0.105. The molecule has 0 atom stereocenters. The standard InChI is InChI=1S/C19H16N4O2/c1-13-18(23-10-3-2-8-16(23)22-13)19(24)21-12-14-6-4-9-20-17(14)15-7-5-11-25-15/h2-11H,12H2,1H3,(H,21,24). The minimum absolute atomic E-state index is 0.176. The minimum atomic E-state index is -0.176. The molecule has 4 aromatic heterocycles. The normalized spacial score (nSPS) is 10.9.